The lowest BCUT2D eigenvalue weighted by molar-refractivity contribution is -0.384. The van der Waals surface area contributed by atoms with Crippen LogP contribution in [0.2, 0.25) is 0 Å². The second-order valence-electron chi connectivity index (χ2n) is 10.7. The van der Waals surface area contributed by atoms with Crippen LogP contribution in [0.5, 0.6) is 5.75 Å². The zero-order valence-corrected chi connectivity index (χ0v) is 23.9. The number of ether oxygens (including phenoxy) is 1. The summed E-state index contributed by atoms with van der Waals surface area (Å²) in [5.41, 5.74) is 3.23. The molecule has 1 fully saturated rings. The highest BCUT2D eigenvalue weighted by atomic mass is 32.1. The van der Waals surface area contributed by atoms with Crippen molar-refractivity contribution in [3.63, 3.8) is 0 Å². The van der Waals surface area contributed by atoms with Gasteiger partial charge in [-0.25, -0.2) is 0 Å². The molecule has 4 aromatic rings. The molecule has 2 N–H and O–H groups in total. The van der Waals surface area contributed by atoms with Crippen molar-refractivity contribution in [1.29, 1.82) is 0 Å². The average molecular weight is 571 g/mol. The third-order valence-corrected chi connectivity index (χ3v) is 7.23. The van der Waals surface area contributed by atoms with Gasteiger partial charge in [-0.1, -0.05) is 26.8 Å². The van der Waals surface area contributed by atoms with Crippen LogP contribution in [0.1, 0.15) is 44.2 Å². The van der Waals surface area contributed by atoms with Crippen molar-refractivity contribution < 1.29 is 14.5 Å². The van der Waals surface area contributed by atoms with E-state index in [9.17, 15) is 14.9 Å². The monoisotopic (exact) mass is 570 g/mol. The van der Waals surface area contributed by atoms with Gasteiger partial charge in [0, 0.05) is 53.1 Å². The molecule has 2 aromatic heterocycles. The molecule has 1 aliphatic rings. The van der Waals surface area contributed by atoms with Gasteiger partial charge < -0.3 is 24.8 Å². The first-order chi connectivity index (χ1) is 19.6. The fraction of sp³-hybridized carbons (Fsp3) is 0.233. The number of hydrogen-bond donors (Lipinski definition) is 2. The maximum Gasteiger partial charge on any atom is 0.269 e. The Morgan fingerprint density at radius 3 is 2.44 bits per heavy atom. The molecule has 0 radical (unpaired) electrons. The summed E-state index contributed by atoms with van der Waals surface area (Å²) in [5, 5.41) is 18.1. The minimum atomic E-state index is -0.575. The number of thiocarbonyl (C=S) groups is 1. The normalized spacial score (nSPS) is 16.8. The van der Waals surface area contributed by atoms with E-state index in [1.165, 1.54) is 12.1 Å². The van der Waals surface area contributed by atoms with Crippen LogP contribution in [0.25, 0.3) is 5.69 Å². The van der Waals surface area contributed by atoms with Gasteiger partial charge in [-0.05, 0) is 60.7 Å². The standard InChI is InChI=1S/C30H30N6O4S/c1-30(2,3)28(37)32-22-15-14-21(18-25(22)40-4)35-27(26(33-29(35)41)23-8-5-6-16-31-23)24-9-7-17-34(24)19-10-12-20(13-11-19)36(38)39/h5-18,26-27H,1-4H3,(H,32,37)(H,33,41)/t26-,27-/m0/s1. The van der Waals surface area contributed by atoms with E-state index in [-0.39, 0.29) is 23.7 Å². The first kappa shape index (κ1) is 27.8. The van der Waals surface area contributed by atoms with E-state index in [1.54, 1.807) is 31.5 Å². The molecular weight excluding hydrogens is 540 g/mol. The predicted molar refractivity (Wildman–Crippen MR) is 161 cm³/mol. The zero-order chi connectivity index (χ0) is 29.3. The van der Waals surface area contributed by atoms with Gasteiger partial charge >= 0.3 is 0 Å². The molecule has 1 amide bonds. The van der Waals surface area contributed by atoms with E-state index in [2.05, 4.69) is 15.6 Å². The van der Waals surface area contributed by atoms with Gasteiger partial charge in [0.2, 0.25) is 5.91 Å². The predicted octanol–water partition coefficient (Wildman–Crippen LogP) is 5.95. The molecule has 1 aliphatic heterocycles. The number of nitro benzene ring substituents is 1. The van der Waals surface area contributed by atoms with Crippen molar-refractivity contribution in [3.8, 4) is 11.4 Å². The van der Waals surface area contributed by atoms with Gasteiger partial charge in [-0.2, -0.15) is 0 Å². The van der Waals surface area contributed by atoms with Crippen LogP contribution in [-0.4, -0.2) is 32.6 Å². The second-order valence-corrected chi connectivity index (χ2v) is 11.0. The van der Waals surface area contributed by atoms with Gasteiger partial charge in [0.25, 0.3) is 5.69 Å². The van der Waals surface area contributed by atoms with Gasteiger partial charge in [-0.15, -0.1) is 0 Å². The summed E-state index contributed by atoms with van der Waals surface area (Å²) in [7, 11) is 1.56. The smallest absolute Gasteiger partial charge is 0.269 e. The zero-order valence-electron chi connectivity index (χ0n) is 23.1. The Hall–Kier alpha value is -4.77. The van der Waals surface area contributed by atoms with Crippen molar-refractivity contribution in [2.75, 3.05) is 17.3 Å². The number of hydrogen-bond acceptors (Lipinski definition) is 6. The van der Waals surface area contributed by atoms with Crippen LogP contribution in [0.4, 0.5) is 17.1 Å². The van der Waals surface area contributed by atoms with Crippen LogP contribution in [0.3, 0.4) is 0 Å². The molecule has 3 heterocycles. The maximum atomic E-state index is 12.7. The third-order valence-electron chi connectivity index (χ3n) is 6.91. The number of anilines is 2. The third kappa shape index (κ3) is 5.48. The van der Waals surface area contributed by atoms with Crippen LogP contribution in [0, 0.1) is 15.5 Å². The average Bonchev–Trinajstić information content (AvgIpc) is 3.57. The summed E-state index contributed by atoms with van der Waals surface area (Å²) in [6.45, 7) is 5.54. The molecule has 0 saturated carbocycles. The summed E-state index contributed by atoms with van der Waals surface area (Å²) in [4.78, 5) is 30.1. The number of nitrogens with one attached hydrogen (secondary N) is 2. The molecule has 10 nitrogen and oxygen atoms in total. The molecule has 5 rings (SSSR count). The summed E-state index contributed by atoms with van der Waals surface area (Å²) >= 11 is 5.88. The maximum absolute atomic E-state index is 12.7. The van der Waals surface area contributed by atoms with Crippen molar-refractivity contribution in [3.05, 3.63) is 107 Å². The van der Waals surface area contributed by atoms with Crippen LogP contribution >= 0.6 is 12.2 Å². The number of nitrogens with zero attached hydrogens (tertiary/aromatic N) is 4. The largest absolute Gasteiger partial charge is 0.494 e. The summed E-state index contributed by atoms with van der Waals surface area (Å²) < 4.78 is 7.67. The minimum Gasteiger partial charge on any atom is -0.494 e. The number of rotatable bonds is 7. The molecule has 0 spiro atoms. The molecule has 210 valence electrons. The Balaban J connectivity index is 1.60. The topological polar surface area (TPSA) is 115 Å². The Bertz CT molecular complexity index is 1600. The second kappa shape index (κ2) is 11.0. The van der Waals surface area contributed by atoms with E-state index in [0.29, 0.717) is 16.5 Å². The Labute approximate surface area is 243 Å². The lowest BCUT2D eigenvalue weighted by Crippen LogP contribution is -2.30. The van der Waals surface area contributed by atoms with Crippen molar-refractivity contribution in [2.45, 2.75) is 32.9 Å². The van der Waals surface area contributed by atoms with Gasteiger partial charge in [0.1, 0.15) is 11.8 Å². The number of carbonyl (C=O) groups excluding carboxylic acids is 1. The summed E-state index contributed by atoms with van der Waals surface area (Å²) in [6, 6.07) is 21.0. The number of amides is 1. The van der Waals surface area contributed by atoms with Crippen molar-refractivity contribution in [2.24, 2.45) is 5.41 Å². The fourth-order valence-electron chi connectivity index (χ4n) is 4.78. The van der Waals surface area contributed by atoms with Crippen LogP contribution in [-0.2, 0) is 4.79 Å². The Kier molecular flexibility index (Phi) is 7.46. The molecule has 2 atom stereocenters. The lowest BCUT2D eigenvalue weighted by atomic mass is 9.95. The Morgan fingerprint density at radius 2 is 1.80 bits per heavy atom. The van der Waals surface area contributed by atoms with Gasteiger partial charge in [0.05, 0.1) is 29.5 Å². The lowest BCUT2D eigenvalue weighted by Gasteiger charge is -2.29. The van der Waals surface area contributed by atoms with Crippen LogP contribution < -0.4 is 20.3 Å². The number of pyridine rings is 1. The number of carbonyl (C=O) groups is 1. The number of benzene rings is 2. The number of non-ortho nitro benzene ring substituents is 1. The van der Waals surface area contributed by atoms with E-state index in [4.69, 9.17) is 17.0 Å². The molecule has 0 bridgehead atoms. The number of methoxy groups -OCH3 is 1. The molecule has 0 aliphatic carbocycles. The summed E-state index contributed by atoms with van der Waals surface area (Å²) in [6.07, 6.45) is 3.65. The molecule has 11 heteroatoms. The highest BCUT2D eigenvalue weighted by Gasteiger charge is 2.42. The molecule has 1 saturated heterocycles. The SMILES string of the molecule is COc1cc(N2C(=S)N[C@@H](c3ccccn3)[C@@H]2c2cccn2-c2ccc([N+](=O)[O-])cc2)ccc1NC(=O)C(C)(C)C. The van der Waals surface area contributed by atoms with Crippen LogP contribution in [0.15, 0.2) is 85.2 Å². The highest BCUT2D eigenvalue weighted by Crippen LogP contribution is 2.44. The van der Waals surface area contributed by atoms with Crippen molar-refractivity contribution in [1.82, 2.24) is 14.9 Å². The fourth-order valence-corrected chi connectivity index (χ4v) is 5.13. The van der Waals surface area contributed by atoms with Crippen molar-refractivity contribution >= 4 is 40.3 Å². The molecule has 2 aromatic carbocycles. The van der Waals surface area contributed by atoms with E-state index in [0.717, 1.165) is 22.8 Å². The Morgan fingerprint density at radius 1 is 1.07 bits per heavy atom. The van der Waals surface area contributed by atoms with Gasteiger partial charge in [0.15, 0.2) is 5.11 Å². The minimum absolute atomic E-state index is 0.0184. The number of aromatic nitrogens is 2. The summed E-state index contributed by atoms with van der Waals surface area (Å²) in [5.74, 6) is 0.365. The molecular formula is C30H30N6O4S. The van der Waals surface area contributed by atoms with E-state index >= 15 is 0 Å². The van der Waals surface area contributed by atoms with E-state index in [1.807, 2.05) is 78.9 Å². The van der Waals surface area contributed by atoms with Gasteiger partial charge in [-0.3, -0.25) is 19.9 Å². The molecule has 41 heavy (non-hydrogen) atoms. The molecule has 0 unspecified atom stereocenters. The highest BCUT2D eigenvalue weighted by molar-refractivity contribution is 7.80. The quantitative estimate of drug-likeness (QED) is 0.159. The number of nitro groups is 1. The van der Waals surface area contributed by atoms with E-state index < -0.39 is 10.3 Å². The first-order valence-corrected chi connectivity index (χ1v) is 13.4. The first-order valence-electron chi connectivity index (χ1n) is 13.0.